The van der Waals surface area contributed by atoms with Gasteiger partial charge in [-0.2, -0.15) is 0 Å². The number of fused-ring (bicyclic) bond motifs is 1. The number of guanidine groups is 1. The van der Waals surface area contributed by atoms with Crippen LogP contribution >= 0.6 is 0 Å². The molecule has 120 valence electrons. The molecule has 1 aromatic carbocycles. The monoisotopic (exact) mass is 324 g/mol. The summed E-state index contributed by atoms with van der Waals surface area (Å²) in [6.45, 7) is 1.94. The van der Waals surface area contributed by atoms with E-state index in [2.05, 4.69) is 19.9 Å². The normalized spacial score (nSPS) is 21.9. The number of rotatable bonds is 3. The molecule has 1 fully saturated rings. The van der Waals surface area contributed by atoms with E-state index in [4.69, 9.17) is 5.11 Å². The van der Waals surface area contributed by atoms with E-state index in [-0.39, 0.29) is 24.0 Å². The van der Waals surface area contributed by atoms with Gasteiger partial charge in [0.1, 0.15) is 4.90 Å². The van der Waals surface area contributed by atoms with Crippen molar-refractivity contribution >= 4 is 27.4 Å². The van der Waals surface area contributed by atoms with Gasteiger partial charge in [-0.15, -0.1) is 0 Å². The maximum absolute atomic E-state index is 12.4. The number of hydrogen-bond donors (Lipinski definition) is 3. The Morgan fingerprint density at radius 1 is 1.23 bits per heavy atom. The summed E-state index contributed by atoms with van der Waals surface area (Å²) in [5.41, 5.74) is 1.44. The number of piperidine rings is 1. The van der Waals surface area contributed by atoms with E-state index >= 15 is 0 Å². The van der Waals surface area contributed by atoms with Crippen LogP contribution in [0.2, 0.25) is 0 Å². The summed E-state index contributed by atoms with van der Waals surface area (Å²) in [5, 5.41) is 11.7. The van der Waals surface area contributed by atoms with Crippen molar-refractivity contribution in [1.82, 2.24) is 4.72 Å². The van der Waals surface area contributed by atoms with Crippen LogP contribution in [0.3, 0.4) is 0 Å². The van der Waals surface area contributed by atoms with E-state index in [9.17, 15) is 8.42 Å². The molecular weight excluding hydrogens is 304 g/mol. The summed E-state index contributed by atoms with van der Waals surface area (Å²) in [6.07, 6.45) is 3.50. The molecule has 2 aliphatic heterocycles. The van der Waals surface area contributed by atoms with Crippen molar-refractivity contribution in [2.45, 2.75) is 24.2 Å². The van der Waals surface area contributed by atoms with Gasteiger partial charge in [0.15, 0.2) is 0 Å². The Labute approximate surface area is 130 Å². The number of benzene rings is 1. The first-order chi connectivity index (χ1) is 10.6. The molecule has 0 spiro atoms. The van der Waals surface area contributed by atoms with E-state index in [0.29, 0.717) is 5.69 Å². The van der Waals surface area contributed by atoms with Crippen LogP contribution in [0.25, 0.3) is 0 Å². The largest absolute Gasteiger partial charge is 0.394 e. The van der Waals surface area contributed by atoms with E-state index < -0.39 is 10.0 Å². The van der Waals surface area contributed by atoms with Crippen molar-refractivity contribution in [2.24, 2.45) is 4.99 Å². The molecule has 0 atom stereocenters. The highest BCUT2D eigenvalue weighted by Crippen LogP contribution is 2.30. The van der Waals surface area contributed by atoms with Gasteiger partial charge < -0.3 is 15.3 Å². The average Bonchev–Trinajstić information content (AvgIpc) is 2.53. The first-order valence-corrected chi connectivity index (χ1v) is 8.92. The van der Waals surface area contributed by atoms with Crippen LogP contribution in [0, 0.1) is 0 Å². The summed E-state index contributed by atoms with van der Waals surface area (Å²) < 4.78 is 27.1. The molecule has 0 aliphatic carbocycles. The highest BCUT2D eigenvalue weighted by atomic mass is 32.2. The zero-order valence-corrected chi connectivity index (χ0v) is 13.1. The molecule has 7 nitrogen and oxygen atoms in total. The van der Waals surface area contributed by atoms with E-state index in [1.807, 2.05) is 6.07 Å². The van der Waals surface area contributed by atoms with Crippen LogP contribution in [0.5, 0.6) is 0 Å². The summed E-state index contributed by atoms with van der Waals surface area (Å²) in [7, 11) is -3.63. The summed E-state index contributed by atoms with van der Waals surface area (Å²) in [5.74, 6) is 0.146. The molecule has 0 unspecified atom stereocenters. The Morgan fingerprint density at radius 3 is 2.73 bits per heavy atom. The van der Waals surface area contributed by atoms with Gasteiger partial charge in [-0.1, -0.05) is 0 Å². The maximum Gasteiger partial charge on any atom is 0.266 e. The number of nitrogens with zero attached hydrogens (tertiary/aromatic N) is 2. The van der Waals surface area contributed by atoms with E-state index in [1.54, 1.807) is 12.1 Å². The zero-order valence-electron chi connectivity index (χ0n) is 12.2. The van der Waals surface area contributed by atoms with Gasteiger partial charge in [-0.05, 0) is 37.5 Å². The second kappa shape index (κ2) is 6.13. The fourth-order valence-corrected chi connectivity index (χ4v) is 3.92. The predicted molar refractivity (Wildman–Crippen MR) is 85.8 cm³/mol. The van der Waals surface area contributed by atoms with E-state index in [1.165, 1.54) is 6.42 Å². The molecule has 3 rings (SSSR count). The number of aliphatic hydroxyl groups excluding tert-OH is 1. The second-order valence-electron chi connectivity index (χ2n) is 5.41. The van der Waals surface area contributed by atoms with Crippen LogP contribution in [0.15, 0.2) is 28.1 Å². The van der Waals surface area contributed by atoms with Crippen LogP contribution in [0.1, 0.15) is 19.3 Å². The third-order valence-electron chi connectivity index (χ3n) is 3.83. The van der Waals surface area contributed by atoms with Crippen molar-refractivity contribution in [3.8, 4) is 0 Å². The van der Waals surface area contributed by atoms with Gasteiger partial charge in [-0.25, -0.2) is 18.1 Å². The van der Waals surface area contributed by atoms with Gasteiger partial charge in [0.05, 0.1) is 18.8 Å². The lowest BCUT2D eigenvalue weighted by Crippen LogP contribution is -2.41. The Morgan fingerprint density at radius 2 is 2.00 bits per heavy atom. The lowest BCUT2D eigenvalue weighted by Gasteiger charge is -2.30. The summed E-state index contributed by atoms with van der Waals surface area (Å²) in [6, 6.07) is 5.41. The second-order valence-corrected chi connectivity index (χ2v) is 7.06. The molecule has 1 saturated heterocycles. The molecule has 3 N–H and O–H groups in total. The smallest absolute Gasteiger partial charge is 0.266 e. The first kappa shape index (κ1) is 15.1. The third-order valence-corrected chi connectivity index (χ3v) is 5.21. The minimum Gasteiger partial charge on any atom is -0.394 e. The standard InChI is InChI=1S/C14H20N4O3S/c19-9-6-15-14-16-12-5-4-11(18-7-2-1-3-8-18)10-13(12)22(20,21)17-14/h4-5,10,19H,1-3,6-9H2,(H2,15,16,17). The third kappa shape index (κ3) is 3.02. The molecule has 2 aliphatic rings. The fraction of sp³-hybridized carbons (Fsp3) is 0.500. The lowest BCUT2D eigenvalue weighted by atomic mass is 10.1. The van der Waals surface area contributed by atoms with Gasteiger partial charge in [-0.3, -0.25) is 0 Å². The van der Waals surface area contributed by atoms with Crippen molar-refractivity contribution < 1.29 is 13.5 Å². The SMILES string of the molecule is O=S1(=O)NC(=NCCO)Nc2ccc(N3CCCCC3)cc21. The number of anilines is 2. The van der Waals surface area contributed by atoms with E-state index in [0.717, 1.165) is 31.6 Å². The van der Waals surface area contributed by atoms with Gasteiger partial charge in [0.2, 0.25) is 5.96 Å². The average molecular weight is 324 g/mol. The minimum absolute atomic E-state index is 0.131. The summed E-state index contributed by atoms with van der Waals surface area (Å²) in [4.78, 5) is 6.41. The Balaban J connectivity index is 1.92. The molecule has 1 aromatic rings. The molecule has 22 heavy (non-hydrogen) atoms. The quantitative estimate of drug-likeness (QED) is 0.762. The molecule has 0 radical (unpaired) electrons. The van der Waals surface area contributed by atoms with Crippen molar-refractivity contribution in [3.63, 3.8) is 0 Å². The topological polar surface area (TPSA) is 94.0 Å². The fourth-order valence-electron chi connectivity index (χ4n) is 2.75. The Bertz CT molecular complexity index is 681. The van der Waals surface area contributed by atoms with Crippen molar-refractivity contribution in [3.05, 3.63) is 18.2 Å². The molecule has 0 aromatic heterocycles. The minimum atomic E-state index is -3.63. The number of aliphatic imine (C=N–C) groups is 1. The number of hydrogen-bond acceptors (Lipinski definition) is 5. The predicted octanol–water partition coefficient (Wildman–Crippen LogP) is 0.729. The van der Waals surface area contributed by atoms with Crippen LogP contribution in [-0.2, 0) is 10.0 Å². The van der Waals surface area contributed by atoms with Gasteiger partial charge in [0, 0.05) is 18.8 Å². The molecule has 0 amide bonds. The highest BCUT2D eigenvalue weighted by molar-refractivity contribution is 7.90. The van der Waals surface area contributed by atoms with Crippen molar-refractivity contribution in [1.29, 1.82) is 0 Å². The number of nitrogens with one attached hydrogen (secondary N) is 2. The zero-order chi connectivity index (χ0) is 15.6. The molecule has 0 bridgehead atoms. The molecule has 2 heterocycles. The van der Waals surface area contributed by atoms with Crippen LogP contribution in [-0.4, -0.2) is 45.7 Å². The molecule has 0 saturated carbocycles. The number of sulfonamides is 1. The summed E-state index contributed by atoms with van der Waals surface area (Å²) >= 11 is 0. The first-order valence-electron chi connectivity index (χ1n) is 7.44. The van der Waals surface area contributed by atoms with Gasteiger partial charge >= 0.3 is 0 Å². The van der Waals surface area contributed by atoms with Crippen LogP contribution < -0.4 is 14.9 Å². The maximum atomic E-state index is 12.4. The number of aliphatic hydroxyl groups is 1. The lowest BCUT2D eigenvalue weighted by molar-refractivity contribution is 0.307. The van der Waals surface area contributed by atoms with Crippen molar-refractivity contribution in [2.75, 3.05) is 36.5 Å². The Hall–Kier alpha value is -1.80. The highest BCUT2D eigenvalue weighted by Gasteiger charge is 2.27. The molecule has 8 heteroatoms. The Kier molecular flexibility index (Phi) is 4.21. The molecular formula is C14H20N4O3S. The van der Waals surface area contributed by atoms with Crippen LogP contribution in [0.4, 0.5) is 11.4 Å². The van der Waals surface area contributed by atoms with Gasteiger partial charge in [0.25, 0.3) is 10.0 Å².